The SMILES string of the molecule is O=C(OCCCN=C1NS(=O)(=O)c2ccccc21)c1ccncc1. The normalized spacial score (nSPS) is 16.4. The first-order valence-corrected chi connectivity index (χ1v) is 8.80. The van der Waals surface area contributed by atoms with Gasteiger partial charge in [-0.15, -0.1) is 0 Å². The fourth-order valence-electron chi connectivity index (χ4n) is 2.24. The third kappa shape index (κ3) is 3.43. The highest BCUT2D eigenvalue weighted by Gasteiger charge is 2.29. The summed E-state index contributed by atoms with van der Waals surface area (Å²) in [7, 11) is -3.52. The first-order valence-electron chi connectivity index (χ1n) is 7.32. The fourth-order valence-corrected chi connectivity index (χ4v) is 3.49. The summed E-state index contributed by atoms with van der Waals surface area (Å²) in [6, 6.07) is 9.82. The second kappa shape index (κ2) is 6.79. The van der Waals surface area contributed by atoms with Crippen LogP contribution in [-0.2, 0) is 14.8 Å². The second-order valence-corrected chi connectivity index (χ2v) is 6.71. The minimum absolute atomic E-state index is 0.201. The summed E-state index contributed by atoms with van der Waals surface area (Å²) in [5.41, 5.74) is 1.00. The molecule has 7 nitrogen and oxygen atoms in total. The molecule has 124 valence electrons. The maximum atomic E-state index is 11.9. The highest BCUT2D eigenvalue weighted by Crippen LogP contribution is 2.22. The molecular weight excluding hydrogens is 330 g/mol. The number of ether oxygens (including phenoxy) is 1. The van der Waals surface area contributed by atoms with Crippen LogP contribution < -0.4 is 4.72 Å². The maximum Gasteiger partial charge on any atom is 0.338 e. The van der Waals surface area contributed by atoms with Crippen LogP contribution in [0.25, 0.3) is 0 Å². The molecule has 0 saturated heterocycles. The van der Waals surface area contributed by atoms with Crippen LogP contribution in [0.15, 0.2) is 58.7 Å². The number of benzene rings is 1. The van der Waals surface area contributed by atoms with Gasteiger partial charge in [0.1, 0.15) is 5.84 Å². The molecule has 1 aromatic carbocycles. The van der Waals surface area contributed by atoms with Crippen molar-refractivity contribution in [3.05, 3.63) is 59.9 Å². The van der Waals surface area contributed by atoms with Gasteiger partial charge in [-0.1, -0.05) is 12.1 Å². The summed E-state index contributed by atoms with van der Waals surface area (Å²) in [5, 5.41) is 0. The van der Waals surface area contributed by atoms with E-state index in [-0.39, 0.29) is 11.5 Å². The lowest BCUT2D eigenvalue weighted by Gasteiger charge is -2.03. The van der Waals surface area contributed by atoms with Crippen LogP contribution >= 0.6 is 0 Å². The minimum Gasteiger partial charge on any atom is -0.462 e. The number of fused-ring (bicyclic) bond motifs is 1. The molecule has 0 aliphatic carbocycles. The van der Waals surface area contributed by atoms with Gasteiger partial charge in [-0.3, -0.25) is 14.7 Å². The van der Waals surface area contributed by atoms with Gasteiger partial charge >= 0.3 is 5.97 Å². The maximum absolute atomic E-state index is 11.9. The van der Waals surface area contributed by atoms with Crippen LogP contribution in [-0.4, -0.2) is 38.4 Å². The lowest BCUT2D eigenvalue weighted by atomic mass is 10.2. The largest absolute Gasteiger partial charge is 0.462 e. The highest BCUT2D eigenvalue weighted by molar-refractivity contribution is 7.90. The van der Waals surface area contributed by atoms with E-state index < -0.39 is 16.0 Å². The van der Waals surface area contributed by atoms with E-state index in [9.17, 15) is 13.2 Å². The average Bonchev–Trinajstić information content (AvgIpc) is 2.86. The van der Waals surface area contributed by atoms with Crippen molar-refractivity contribution in [2.45, 2.75) is 11.3 Å². The zero-order chi connectivity index (χ0) is 17.0. The predicted octanol–water partition coefficient (Wildman–Crippen LogP) is 1.37. The van der Waals surface area contributed by atoms with Crippen molar-refractivity contribution >= 4 is 21.8 Å². The monoisotopic (exact) mass is 345 g/mol. The molecule has 0 radical (unpaired) electrons. The Morgan fingerprint density at radius 1 is 1.17 bits per heavy atom. The van der Waals surface area contributed by atoms with Crippen molar-refractivity contribution in [3.63, 3.8) is 0 Å². The van der Waals surface area contributed by atoms with E-state index in [2.05, 4.69) is 14.7 Å². The molecule has 1 aromatic heterocycles. The first-order chi connectivity index (χ1) is 11.6. The Kier molecular flexibility index (Phi) is 4.57. The van der Waals surface area contributed by atoms with Gasteiger partial charge in [0.25, 0.3) is 10.0 Å². The molecule has 0 amide bonds. The van der Waals surface area contributed by atoms with Gasteiger partial charge < -0.3 is 4.74 Å². The van der Waals surface area contributed by atoms with E-state index in [0.29, 0.717) is 29.9 Å². The average molecular weight is 345 g/mol. The zero-order valence-electron chi connectivity index (χ0n) is 12.7. The number of esters is 1. The Bertz CT molecular complexity index is 879. The van der Waals surface area contributed by atoms with Crippen LogP contribution in [0.2, 0.25) is 0 Å². The smallest absolute Gasteiger partial charge is 0.338 e. The molecule has 3 rings (SSSR count). The number of rotatable bonds is 5. The van der Waals surface area contributed by atoms with E-state index in [1.54, 1.807) is 30.3 Å². The molecule has 24 heavy (non-hydrogen) atoms. The predicted molar refractivity (Wildman–Crippen MR) is 87.3 cm³/mol. The number of nitrogens with one attached hydrogen (secondary N) is 1. The molecule has 0 spiro atoms. The number of aliphatic imine (C=N–C) groups is 1. The third-order valence-corrected chi connectivity index (χ3v) is 4.78. The summed E-state index contributed by atoms with van der Waals surface area (Å²) in [5.74, 6) is -0.0944. The van der Waals surface area contributed by atoms with Crippen LogP contribution in [0.4, 0.5) is 0 Å². The van der Waals surface area contributed by atoms with Crippen molar-refractivity contribution in [1.29, 1.82) is 0 Å². The number of carbonyl (C=O) groups is 1. The van der Waals surface area contributed by atoms with Crippen molar-refractivity contribution in [2.24, 2.45) is 4.99 Å². The molecule has 0 saturated carbocycles. The fraction of sp³-hybridized carbons (Fsp3) is 0.188. The number of aromatic nitrogens is 1. The van der Waals surface area contributed by atoms with Gasteiger partial charge in [0.05, 0.1) is 17.1 Å². The Balaban J connectivity index is 1.54. The molecule has 2 heterocycles. The number of amidine groups is 1. The van der Waals surface area contributed by atoms with Crippen LogP contribution in [0.3, 0.4) is 0 Å². The number of carbonyl (C=O) groups excluding carboxylic acids is 1. The standard InChI is InChI=1S/C16H15N3O4S/c20-16(12-6-9-17-10-7-12)23-11-3-8-18-15-13-4-1-2-5-14(13)24(21,22)19-15/h1-2,4-7,9-10H,3,8,11H2,(H,18,19). The van der Waals surface area contributed by atoms with E-state index >= 15 is 0 Å². The van der Waals surface area contributed by atoms with Crippen LogP contribution in [0, 0.1) is 0 Å². The molecule has 2 aromatic rings. The lowest BCUT2D eigenvalue weighted by Crippen LogP contribution is -2.22. The summed E-state index contributed by atoms with van der Waals surface area (Å²) in [6.45, 7) is 0.544. The summed E-state index contributed by atoms with van der Waals surface area (Å²) in [6.07, 6.45) is 3.53. The molecule has 0 atom stereocenters. The van der Waals surface area contributed by atoms with E-state index in [0.717, 1.165) is 0 Å². The Labute approximate surface area is 139 Å². The number of pyridine rings is 1. The Morgan fingerprint density at radius 2 is 1.92 bits per heavy atom. The topological polar surface area (TPSA) is 97.7 Å². The number of sulfonamides is 1. The number of hydrogen-bond acceptors (Lipinski definition) is 6. The summed E-state index contributed by atoms with van der Waals surface area (Å²) >= 11 is 0. The van der Waals surface area contributed by atoms with Crippen LogP contribution in [0.1, 0.15) is 22.3 Å². The lowest BCUT2D eigenvalue weighted by molar-refractivity contribution is 0.0503. The molecule has 1 N–H and O–H groups in total. The highest BCUT2D eigenvalue weighted by atomic mass is 32.2. The Hall–Kier alpha value is -2.74. The van der Waals surface area contributed by atoms with Crippen molar-refractivity contribution < 1.29 is 17.9 Å². The summed E-state index contributed by atoms with van der Waals surface area (Å²) < 4.78 is 31.4. The van der Waals surface area contributed by atoms with Crippen LogP contribution in [0.5, 0.6) is 0 Å². The quantitative estimate of drug-likeness (QED) is 0.652. The number of hydrogen-bond donors (Lipinski definition) is 1. The van der Waals surface area contributed by atoms with Gasteiger partial charge in [0, 0.05) is 30.9 Å². The van der Waals surface area contributed by atoms with Gasteiger partial charge in [0.15, 0.2) is 0 Å². The van der Waals surface area contributed by atoms with Crippen molar-refractivity contribution in [2.75, 3.05) is 13.2 Å². The molecule has 1 aliphatic rings. The Morgan fingerprint density at radius 3 is 2.71 bits per heavy atom. The van der Waals surface area contributed by atoms with Gasteiger partial charge in [-0.05, 0) is 24.3 Å². The molecule has 0 bridgehead atoms. The van der Waals surface area contributed by atoms with Gasteiger partial charge in [0.2, 0.25) is 0 Å². The molecule has 0 fully saturated rings. The molecule has 1 aliphatic heterocycles. The zero-order valence-corrected chi connectivity index (χ0v) is 13.5. The minimum atomic E-state index is -3.52. The van der Waals surface area contributed by atoms with E-state index in [1.165, 1.54) is 18.5 Å². The molecular formula is C16H15N3O4S. The number of nitrogens with zero attached hydrogens (tertiary/aromatic N) is 2. The van der Waals surface area contributed by atoms with Crippen molar-refractivity contribution in [3.8, 4) is 0 Å². The first kappa shape index (κ1) is 16.1. The van der Waals surface area contributed by atoms with Gasteiger partial charge in [-0.2, -0.15) is 0 Å². The van der Waals surface area contributed by atoms with E-state index in [1.807, 2.05) is 0 Å². The van der Waals surface area contributed by atoms with Crippen molar-refractivity contribution in [1.82, 2.24) is 9.71 Å². The third-order valence-electron chi connectivity index (χ3n) is 3.38. The molecule has 0 unspecified atom stereocenters. The summed E-state index contributed by atoms with van der Waals surface area (Å²) in [4.78, 5) is 20.0. The van der Waals surface area contributed by atoms with E-state index in [4.69, 9.17) is 4.74 Å². The second-order valence-electron chi connectivity index (χ2n) is 5.06. The molecule has 8 heteroatoms. The van der Waals surface area contributed by atoms with Gasteiger partial charge in [-0.25, -0.2) is 13.2 Å².